The van der Waals surface area contributed by atoms with E-state index in [1.54, 1.807) is 12.1 Å². The van der Waals surface area contributed by atoms with Crippen molar-refractivity contribution in [1.82, 2.24) is 10.0 Å². The fourth-order valence-corrected chi connectivity index (χ4v) is 3.88. The number of benzene rings is 1. The highest BCUT2D eigenvalue weighted by molar-refractivity contribution is 7.90. The highest BCUT2D eigenvalue weighted by atomic mass is 32.2. The van der Waals surface area contributed by atoms with Crippen LogP contribution in [-0.2, 0) is 19.6 Å². The first-order valence-electron chi connectivity index (χ1n) is 7.70. The van der Waals surface area contributed by atoms with E-state index < -0.39 is 22.0 Å². The van der Waals surface area contributed by atoms with Gasteiger partial charge in [-0.15, -0.1) is 0 Å². The standard InChI is InChI=1S/C16H22N2O4S/c1-11-7-9-14(10-8-11)23(21,22)18-16(20)15(17-12(2)19)13-5-3-4-6-13/h7-10,13,15H,3-6H2,1-2H3,(H,17,19)(H,18,20). The molecule has 0 aliphatic heterocycles. The van der Waals surface area contributed by atoms with Crippen molar-refractivity contribution >= 4 is 21.8 Å². The largest absolute Gasteiger partial charge is 0.344 e. The molecule has 1 atom stereocenters. The topological polar surface area (TPSA) is 92.3 Å². The Balaban J connectivity index is 2.16. The fourth-order valence-electron chi connectivity index (χ4n) is 2.88. The second-order valence-electron chi connectivity index (χ2n) is 6.01. The summed E-state index contributed by atoms with van der Waals surface area (Å²) in [6.45, 7) is 3.17. The van der Waals surface area contributed by atoms with Gasteiger partial charge in [-0.25, -0.2) is 13.1 Å². The quantitative estimate of drug-likeness (QED) is 0.851. The van der Waals surface area contributed by atoms with Crippen molar-refractivity contribution in [3.63, 3.8) is 0 Å². The van der Waals surface area contributed by atoms with Crippen LogP contribution in [0.2, 0.25) is 0 Å². The minimum atomic E-state index is -3.94. The minimum absolute atomic E-state index is 0.0212. The monoisotopic (exact) mass is 338 g/mol. The van der Waals surface area contributed by atoms with Crippen LogP contribution in [0.3, 0.4) is 0 Å². The van der Waals surface area contributed by atoms with Gasteiger partial charge in [0, 0.05) is 6.92 Å². The van der Waals surface area contributed by atoms with E-state index >= 15 is 0 Å². The van der Waals surface area contributed by atoms with E-state index in [1.165, 1.54) is 19.1 Å². The molecule has 0 saturated heterocycles. The zero-order chi connectivity index (χ0) is 17.0. The van der Waals surface area contributed by atoms with E-state index in [0.29, 0.717) is 0 Å². The maximum absolute atomic E-state index is 12.4. The summed E-state index contributed by atoms with van der Waals surface area (Å²) in [6.07, 6.45) is 3.59. The summed E-state index contributed by atoms with van der Waals surface area (Å²) in [5, 5.41) is 2.59. The number of amides is 2. The molecule has 2 amide bonds. The van der Waals surface area contributed by atoms with Gasteiger partial charge < -0.3 is 5.32 Å². The van der Waals surface area contributed by atoms with Crippen LogP contribution >= 0.6 is 0 Å². The Labute approximate surface area is 136 Å². The molecule has 2 N–H and O–H groups in total. The van der Waals surface area contributed by atoms with Crippen LogP contribution in [0.25, 0.3) is 0 Å². The third kappa shape index (κ3) is 4.54. The van der Waals surface area contributed by atoms with Crippen molar-refractivity contribution in [2.75, 3.05) is 0 Å². The average molecular weight is 338 g/mol. The number of rotatable bonds is 5. The minimum Gasteiger partial charge on any atom is -0.344 e. The first kappa shape index (κ1) is 17.5. The average Bonchev–Trinajstić information content (AvgIpc) is 2.98. The van der Waals surface area contributed by atoms with Gasteiger partial charge in [0.1, 0.15) is 6.04 Å². The van der Waals surface area contributed by atoms with Gasteiger partial charge in [-0.05, 0) is 37.8 Å². The van der Waals surface area contributed by atoms with Crippen molar-refractivity contribution in [3.05, 3.63) is 29.8 Å². The summed E-state index contributed by atoms with van der Waals surface area (Å²) in [7, 11) is -3.94. The van der Waals surface area contributed by atoms with Crippen molar-refractivity contribution in [3.8, 4) is 0 Å². The Morgan fingerprint density at radius 2 is 1.70 bits per heavy atom. The predicted molar refractivity (Wildman–Crippen MR) is 86.1 cm³/mol. The van der Waals surface area contributed by atoms with Gasteiger partial charge in [0.15, 0.2) is 0 Å². The van der Waals surface area contributed by atoms with Gasteiger partial charge in [0.25, 0.3) is 15.9 Å². The third-order valence-corrected chi connectivity index (χ3v) is 5.44. The molecule has 1 aromatic rings. The van der Waals surface area contributed by atoms with Crippen molar-refractivity contribution < 1.29 is 18.0 Å². The van der Waals surface area contributed by atoms with Crippen LogP contribution in [0.1, 0.15) is 38.2 Å². The molecule has 1 aliphatic carbocycles. The lowest BCUT2D eigenvalue weighted by molar-refractivity contribution is -0.128. The molecule has 6 nitrogen and oxygen atoms in total. The summed E-state index contributed by atoms with van der Waals surface area (Å²) in [4.78, 5) is 23.8. The second kappa shape index (κ2) is 7.12. The Morgan fingerprint density at radius 3 is 2.22 bits per heavy atom. The first-order valence-corrected chi connectivity index (χ1v) is 9.18. The summed E-state index contributed by atoms with van der Waals surface area (Å²) >= 11 is 0. The molecule has 1 unspecified atom stereocenters. The number of hydrogen-bond donors (Lipinski definition) is 2. The molecule has 126 valence electrons. The molecule has 0 aromatic heterocycles. The lowest BCUT2D eigenvalue weighted by Crippen LogP contribution is -2.51. The SMILES string of the molecule is CC(=O)NC(C(=O)NS(=O)(=O)c1ccc(C)cc1)C1CCCC1. The molecule has 2 rings (SSSR count). The maximum Gasteiger partial charge on any atom is 0.264 e. The van der Waals surface area contributed by atoms with Gasteiger partial charge in [-0.3, -0.25) is 9.59 Å². The Morgan fingerprint density at radius 1 is 1.13 bits per heavy atom. The van der Waals surface area contributed by atoms with E-state index in [2.05, 4.69) is 10.0 Å². The molecule has 23 heavy (non-hydrogen) atoms. The fraction of sp³-hybridized carbons (Fsp3) is 0.500. The van der Waals surface area contributed by atoms with Crippen LogP contribution in [0, 0.1) is 12.8 Å². The van der Waals surface area contributed by atoms with Gasteiger partial charge in [-0.1, -0.05) is 30.5 Å². The van der Waals surface area contributed by atoms with Crippen LogP contribution < -0.4 is 10.0 Å². The molecule has 1 aromatic carbocycles. The molecular formula is C16H22N2O4S. The molecular weight excluding hydrogens is 316 g/mol. The predicted octanol–water partition coefficient (Wildman–Crippen LogP) is 1.49. The summed E-state index contributed by atoms with van der Waals surface area (Å²) in [5.41, 5.74) is 0.928. The summed E-state index contributed by atoms with van der Waals surface area (Å²) in [5.74, 6) is -1.04. The van der Waals surface area contributed by atoms with Crippen LogP contribution in [0.15, 0.2) is 29.2 Å². The molecule has 1 fully saturated rings. The Hall–Kier alpha value is -1.89. The molecule has 7 heteroatoms. The van der Waals surface area contributed by atoms with Crippen molar-refractivity contribution in [2.45, 2.75) is 50.5 Å². The molecule has 1 saturated carbocycles. The number of sulfonamides is 1. The lowest BCUT2D eigenvalue weighted by atomic mass is 9.97. The van der Waals surface area contributed by atoms with Gasteiger partial charge in [-0.2, -0.15) is 0 Å². The number of nitrogens with one attached hydrogen (secondary N) is 2. The van der Waals surface area contributed by atoms with Gasteiger partial charge in [0.2, 0.25) is 5.91 Å². The number of carbonyl (C=O) groups excluding carboxylic acids is 2. The zero-order valence-corrected chi connectivity index (χ0v) is 14.2. The smallest absolute Gasteiger partial charge is 0.264 e. The van der Waals surface area contributed by atoms with E-state index in [0.717, 1.165) is 31.2 Å². The van der Waals surface area contributed by atoms with Crippen LogP contribution in [-0.4, -0.2) is 26.3 Å². The lowest BCUT2D eigenvalue weighted by Gasteiger charge is -2.23. The van der Waals surface area contributed by atoms with Crippen LogP contribution in [0.5, 0.6) is 0 Å². The van der Waals surface area contributed by atoms with Gasteiger partial charge >= 0.3 is 0 Å². The molecule has 0 radical (unpaired) electrons. The summed E-state index contributed by atoms with van der Waals surface area (Å²) in [6, 6.07) is 5.43. The van der Waals surface area contributed by atoms with E-state index in [1.807, 2.05) is 6.92 Å². The number of hydrogen-bond acceptors (Lipinski definition) is 4. The highest BCUT2D eigenvalue weighted by Crippen LogP contribution is 2.28. The van der Waals surface area contributed by atoms with E-state index in [9.17, 15) is 18.0 Å². The second-order valence-corrected chi connectivity index (χ2v) is 7.69. The normalized spacial score (nSPS) is 16.8. The first-order chi connectivity index (χ1) is 10.8. The summed E-state index contributed by atoms with van der Waals surface area (Å²) < 4.78 is 26.7. The van der Waals surface area contributed by atoms with Gasteiger partial charge in [0.05, 0.1) is 4.90 Å². The third-order valence-electron chi connectivity index (χ3n) is 4.08. The van der Waals surface area contributed by atoms with E-state index in [4.69, 9.17) is 0 Å². The molecule has 0 bridgehead atoms. The van der Waals surface area contributed by atoms with Crippen molar-refractivity contribution in [1.29, 1.82) is 0 Å². The molecule has 1 aliphatic rings. The zero-order valence-electron chi connectivity index (χ0n) is 13.3. The molecule has 0 spiro atoms. The Bertz CT molecular complexity index is 677. The van der Waals surface area contributed by atoms with Crippen LogP contribution in [0.4, 0.5) is 0 Å². The number of carbonyl (C=O) groups is 2. The number of aryl methyl sites for hydroxylation is 1. The molecule has 0 heterocycles. The van der Waals surface area contributed by atoms with Crippen molar-refractivity contribution in [2.24, 2.45) is 5.92 Å². The highest BCUT2D eigenvalue weighted by Gasteiger charge is 2.33. The Kier molecular flexibility index (Phi) is 5.41. The maximum atomic E-state index is 12.4. The van der Waals surface area contributed by atoms with E-state index in [-0.39, 0.29) is 16.7 Å².